The van der Waals surface area contributed by atoms with E-state index in [1.807, 2.05) is 11.3 Å². The Morgan fingerprint density at radius 2 is 0.898 bits per heavy atom. The van der Waals surface area contributed by atoms with Crippen LogP contribution in [-0.4, -0.2) is 22.4 Å². The molecule has 2 aromatic heterocycles. The first-order chi connectivity index (χ1) is 28.7. The van der Waals surface area contributed by atoms with E-state index >= 15 is 0 Å². The van der Waals surface area contributed by atoms with Gasteiger partial charge in [0.05, 0.1) is 5.69 Å². The normalized spacial score (nSPS) is 11.0. The van der Waals surface area contributed by atoms with Gasteiger partial charge in [0.2, 0.25) is 29.1 Å². The second-order valence-electron chi connectivity index (χ2n) is 13.4. The average molecular weight is 808 g/mol. The second-order valence-corrected chi connectivity index (χ2v) is 14.3. The molecule has 2 heterocycles. The number of aromatic amines is 1. The van der Waals surface area contributed by atoms with Crippen LogP contribution in [0.25, 0.3) is 77.1 Å². The molecule has 9 aromatic rings. The number of fused-ring (bicyclic) bond motifs is 1. The van der Waals surface area contributed by atoms with Gasteiger partial charge in [0.25, 0.3) is 0 Å². The Bertz CT molecular complexity index is 2840. The van der Waals surface area contributed by atoms with E-state index in [4.69, 9.17) is 10.0 Å². The zero-order valence-electron chi connectivity index (χ0n) is 30.8. The van der Waals surface area contributed by atoms with Crippen molar-refractivity contribution in [1.29, 1.82) is 0 Å². The molecular weight excluding hydrogens is 776 g/mol. The van der Waals surface area contributed by atoms with Crippen molar-refractivity contribution in [3.8, 4) is 72.0 Å². The number of rotatable bonds is 8. The zero-order valence-corrected chi connectivity index (χ0v) is 31.7. The third-order valence-corrected chi connectivity index (χ3v) is 10.7. The molecular formula is C48H31BF5NO3S. The second kappa shape index (κ2) is 17.0. The summed E-state index contributed by atoms with van der Waals surface area (Å²) >= 11 is 1.81. The predicted molar refractivity (Wildman–Crippen MR) is 226 cm³/mol. The SMILES string of the molecule is OB(O)Oc1c(F)c(F)c(F)c(F)c1F.c1ccc(-c2ccc(-c3csc(-c4c(-c5ccccc5)[nH]c5cccc(-c6ccc(-c7ccccc7)cc6)c45)c3)cc2)cc1. The molecule has 4 nitrogen and oxygen atoms in total. The van der Waals surface area contributed by atoms with E-state index in [-0.39, 0.29) is 0 Å². The molecule has 0 aliphatic rings. The maximum absolute atomic E-state index is 12.7. The van der Waals surface area contributed by atoms with E-state index in [9.17, 15) is 22.0 Å². The number of hydrogen-bond acceptors (Lipinski definition) is 4. The van der Waals surface area contributed by atoms with Crippen molar-refractivity contribution in [2.75, 3.05) is 0 Å². The van der Waals surface area contributed by atoms with Crippen LogP contribution in [0.3, 0.4) is 0 Å². The van der Waals surface area contributed by atoms with Crippen LogP contribution in [0.1, 0.15) is 0 Å². The van der Waals surface area contributed by atoms with Crippen molar-refractivity contribution < 1.29 is 36.7 Å². The summed E-state index contributed by atoms with van der Waals surface area (Å²) in [6, 6.07) is 58.7. The molecule has 9 rings (SSSR count). The average Bonchev–Trinajstić information content (AvgIpc) is 3.93. The molecule has 3 N–H and O–H groups in total. The summed E-state index contributed by atoms with van der Waals surface area (Å²) in [5.74, 6) is -13.1. The molecule has 0 amide bonds. The van der Waals surface area contributed by atoms with Gasteiger partial charge in [0.1, 0.15) is 0 Å². The molecule has 7 aromatic carbocycles. The van der Waals surface area contributed by atoms with Gasteiger partial charge in [-0.1, -0.05) is 152 Å². The largest absolute Gasteiger partial charge is 0.707 e. The first-order valence-electron chi connectivity index (χ1n) is 18.3. The highest BCUT2D eigenvalue weighted by Crippen LogP contribution is 2.46. The van der Waals surface area contributed by atoms with Gasteiger partial charge in [-0.05, 0) is 67.6 Å². The number of benzene rings is 7. The van der Waals surface area contributed by atoms with E-state index in [1.165, 1.54) is 65.9 Å². The molecule has 0 radical (unpaired) electrons. The highest BCUT2D eigenvalue weighted by atomic mass is 32.1. The zero-order chi connectivity index (χ0) is 41.0. The van der Waals surface area contributed by atoms with E-state index in [0.29, 0.717) is 0 Å². The first kappa shape index (κ1) is 39.1. The van der Waals surface area contributed by atoms with Gasteiger partial charge in [-0.3, -0.25) is 0 Å². The summed E-state index contributed by atoms with van der Waals surface area (Å²) < 4.78 is 66.3. The van der Waals surface area contributed by atoms with Crippen LogP contribution in [0.5, 0.6) is 5.75 Å². The monoisotopic (exact) mass is 807 g/mol. The van der Waals surface area contributed by atoms with Crippen molar-refractivity contribution in [2.24, 2.45) is 0 Å². The van der Waals surface area contributed by atoms with Crippen LogP contribution in [0.4, 0.5) is 22.0 Å². The van der Waals surface area contributed by atoms with Crippen LogP contribution in [0, 0.1) is 29.1 Å². The fourth-order valence-electron chi connectivity index (χ4n) is 6.93. The van der Waals surface area contributed by atoms with Gasteiger partial charge in [0, 0.05) is 21.3 Å². The molecule has 59 heavy (non-hydrogen) atoms. The molecule has 11 heteroatoms. The summed E-state index contributed by atoms with van der Waals surface area (Å²) in [6.07, 6.45) is 0. The van der Waals surface area contributed by atoms with Gasteiger partial charge >= 0.3 is 7.32 Å². The van der Waals surface area contributed by atoms with Gasteiger partial charge < -0.3 is 19.7 Å². The Kier molecular flexibility index (Phi) is 11.2. The Morgan fingerprint density at radius 1 is 0.458 bits per heavy atom. The Morgan fingerprint density at radius 3 is 1.41 bits per heavy atom. The van der Waals surface area contributed by atoms with E-state index in [2.05, 4.69) is 179 Å². The molecule has 0 aliphatic heterocycles. The summed E-state index contributed by atoms with van der Waals surface area (Å²) in [7, 11) is -2.70. The number of halogens is 5. The van der Waals surface area contributed by atoms with E-state index in [0.717, 1.165) is 11.2 Å². The Hall–Kier alpha value is -6.79. The highest BCUT2D eigenvalue weighted by Gasteiger charge is 2.29. The minimum absolute atomic E-state index is 1.14. The topological polar surface area (TPSA) is 65.5 Å². The fourth-order valence-corrected chi connectivity index (χ4v) is 7.90. The van der Waals surface area contributed by atoms with Crippen molar-refractivity contribution in [3.63, 3.8) is 0 Å². The summed E-state index contributed by atoms with van der Waals surface area (Å²) in [5, 5.41) is 19.9. The van der Waals surface area contributed by atoms with Crippen molar-refractivity contribution >= 4 is 29.6 Å². The van der Waals surface area contributed by atoms with Crippen LogP contribution in [0.15, 0.2) is 169 Å². The summed E-state index contributed by atoms with van der Waals surface area (Å²) in [4.78, 5) is 5.06. The minimum Gasteiger partial charge on any atom is -0.507 e. The van der Waals surface area contributed by atoms with Gasteiger partial charge in [-0.2, -0.15) is 8.78 Å². The van der Waals surface area contributed by atoms with Crippen LogP contribution >= 0.6 is 11.3 Å². The Labute approximate surface area is 340 Å². The quantitative estimate of drug-likeness (QED) is 0.0620. The maximum atomic E-state index is 12.7. The first-order valence-corrected chi connectivity index (χ1v) is 19.2. The summed E-state index contributed by atoms with van der Waals surface area (Å²) in [6.45, 7) is 0. The molecule has 290 valence electrons. The molecule has 0 aliphatic carbocycles. The lowest BCUT2D eigenvalue weighted by molar-refractivity contribution is 0.263. The van der Waals surface area contributed by atoms with Crippen molar-refractivity contribution in [3.05, 3.63) is 198 Å². The number of aromatic nitrogens is 1. The number of hydrogen-bond donors (Lipinski definition) is 3. The summed E-state index contributed by atoms with van der Waals surface area (Å²) in [5.41, 5.74) is 14.6. The lowest BCUT2D eigenvalue weighted by atomic mass is 9.94. The smallest absolute Gasteiger partial charge is 0.507 e. The van der Waals surface area contributed by atoms with Gasteiger partial charge in [-0.15, -0.1) is 11.3 Å². The fraction of sp³-hybridized carbons (Fsp3) is 0. The van der Waals surface area contributed by atoms with Crippen LogP contribution < -0.4 is 4.65 Å². The number of nitrogens with one attached hydrogen (secondary N) is 1. The predicted octanol–water partition coefficient (Wildman–Crippen LogP) is 13.0. The number of H-pyrrole nitrogens is 1. The molecule has 0 atom stereocenters. The van der Waals surface area contributed by atoms with Gasteiger partial charge in [0.15, 0.2) is 5.75 Å². The van der Waals surface area contributed by atoms with Crippen LogP contribution in [0.2, 0.25) is 0 Å². The third kappa shape index (κ3) is 8.04. The molecule has 0 spiro atoms. The van der Waals surface area contributed by atoms with Crippen molar-refractivity contribution in [1.82, 2.24) is 4.98 Å². The lowest BCUT2D eigenvalue weighted by Gasteiger charge is -2.09. The number of thiophene rings is 1. The van der Waals surface area contributed by atoms with Crippen LogP contribution in [-0.2, 0) is 0 Å². The van der Waals surface area contributed by atoms with E-state index in [1.54, 1.807) is 0 Å². The van der Waals surface area contributed by atoms with Crippen molar-refractivity contribution in [2.45, 2.75) is 0 Å². The standard InChI is InChI=1S/C42H29NS.C6H2BF5O3/c1-4-11-29(12-5-1)31-19-21-33(22-20-31)36-27-39(44-28-36)41-40-37(34-25-23-32(24-26-34)30-13-6-2-7-14-30)17-10-18-38(40)43-42(41)35-15-8-3-9-16-35;8-1-2(9)4(11)6(15-7(13)14)5(12)3(1)10/h1-28,43H;13-14H. The maximum Gasteiger partial charge on any atom is 0.707 e. The lowest BCUT2D eigenvalue weighted by Crippen LogP contribution is -2.23. The molecule has 0 saturated carbocycles. The van der Waals surface area contributed by atoms with E-state index < -0.39 is 42.2 Å². The van der Waals surface area contributed by atoms with Gasteiger partial charge in [-0.25, -0.2) is 13.2 Å². The molecule has 0 fully saturated rings. The molecule has 0 unspecified atom stereocenters. The Balaban J connectivity index is 0.000000274. The third-order valence-electron chi connectivity index (χ3n) is 9.75. The minimum atomic E-state index is -2.70. The molecule has 0 saturated heterocycles. The highest BCUT2D eigenvalue weighted by molar-refractivity contribution is 7.14. The molecule has 0 bridgehead atoms.